The number of nitrogens with zero attached hydrogens (tertiary/aromatic N) is 1. The lowest BCUT2D eigenvalue weighted by Crippen LogP contribution is -2.34. The Labute approximate surface area is 187 Å². The first-order valence-electron chi connectivity index (χ1n) is 10.1. The minimum Gasteiger partial charge on any atom is -0.486 e. The van der Waals surface area contributed by atoms with Crippen molar-refractivity contribution >= 4 is 39.9 Å². The maximum atomic E-state index is 13.1. The number of hydrogen-bond acceptors (Lipinski definition) is 7. The Morgan fingerprint density at radius 2 is 1.81 bits per heavy atom. The zero-order chi connectivity index (χ0) is 21.9. The van der Waals surface area contributed by atoms with Crippen LogP contribution in [0.4, 0.5) is 5.69 Å². The van der Waals surface area contributed by atoms with Gasteiger partial charge in [-0.15, -0.1) is 11.3 Å². The van der Waals surface area contributed by atoms with Crippen LogP contribution in [0.3, 0.4) is 0 Å². The molecule has 0 radical (unpaired) electrons. The molecule has 1 aliphatic rings. The Hall–Kier alpha value is -3.78. The molecule has 0 fully saturated rings. The van der Waals surface area contributed by atoms with E-state index in [0.29, 0.717) is 42.5 Å². The molecule has 1 aliphatic heterocycles. The molecule has 5 rings (SSSR count). The average Bonchev–Trinajstić information content (AvgIpc) is 3.50. The Morgan fingerprint density at radius 1 is 0.969 bits per heavy atom. The molecule has 0 aliphatic carbocycles. The summed E-state index contributed by atoms with van der Waals surface area (Å²) in [6.45, 7) is 0.862. The van der Waals surface area contributed by atoms with Gasteiger partial charge in [0, 0.05) is 22.0 Å². The lowest BCUT2D eigenvalue weighted by molar-refractivity contribution is -0.121. The van der Waals surface area contributed by atoms with Gasteiger partial charge >= 0.3 is 5.97 Å². The van der Waals surface area contributed by atoms with Gasteiger partial charge in [0.25, 0.3) is 5.91 Å². The van der Waals surface area contributed by atoms with Gasteiger partial charge < -0.3 is 23.5 Å². The molecular formula is C24H19NO6S. The van der Waals surface area contributed by atoms with Gasteiger partial charge in [-0.1, -0.05) is 24.3 Å². The molecular weight excluding hydrogens is 430 g/mol. The highest BCUT2D eigenvalue weighted by atomic mass is 32.1. The van der Waals surface area contributed by atoms with Crippen molar-refractivity contribution in [2.75, 3.05) is 24.7 Å². The number of thiophene rings is 1. The monoisotopic (exact) mass is 449 g/mol. The number of para-hydroxylation sites is 1. The third kappa shape index (κ3) is 4.17. The van der Waals surface area contributed by atoms with Gasteiger partial charge in [0.1, 0.15) is 18.8 Å². The zero-order valence-corrected chi connectivity index (χ0v) is 17.8. The molecule has 0 saturated carbocycles. The molecule has 0 bridgehead atoms. The van der Waals surface area contributed by atoms with Gasteiger partial charge in [0.15, 0.2) is 18.1 Å². The van der Waals surface area contributed by atoms with Crippen molar-refractivity contribution in [3.63, 3.8) is 0 Å². The van der Waals surface area contributed by atoms with Crippen LogP contribution in [-0.4, -0.2) is 31.7 Å². The summed E-state index contributed by atoms with van der Waals surface area (Å²) in [5.41, 5.74) is 1.22. The molecule has 2 aromatic carbocycles. The van der Waals surface area contributed by atoms with Gasteiger partial charge in [0.2, 0.25) is 5.76 Å². The van der Waals surface area contributed by atoms with Crippen LogP contribution in [0, 0.1) is 0 Å². The Morgan fingerprint density at radius 3 is 2.62 bits per heavy atom. The average molecular weight is 449 g/mol. The number of carbonyl (C=O) groups excluding carboxylic acids is 2. The maximum absolute atomic E-state index is 13.1. The topological polar surface area (TPSA) is 78.2 Å². The molecule has 0 N–H and O–H groups in total. The quantitative estimate of drug-likeness (QED) is 0.399. The summed E-state index contributed by atoms with van der Waals surface area (Å²) in [7, 11) is 0. The number of benzene rings is 2. The van der Waals surface area contributed by atoms with E-state index in [-0.39, 0.29) is 11.7 Å². The number of fused-ring (bicyclic) bond motifs is 2. The maximum Gasteiger partial charge on any atom is 0.374 e. The minimum atomic E-state index is -0.687. The third-order valence-corrected chi connectivity index (χ3v) is 5.85. The first kappa shape index (κ1) is 20.1. The van der Waals surface area contributed by atoms with Gasteiger partial charge in [0.05, 0.1) is 6.54 Å². The van der Waals surface area contributed by atoms with Crippen LogP contribution >= 0.6 is 11.3 Å². The van der Waals surface area contributed by atoms with Crippen molar-refractivity contribution in [2.24, 2.45) is 0 Å². The summed E-state index contributed by atoms with van der Waals surface area (Å²) in [5.74, 6) is 0.229. The summed E-state index contributed by atoms with van der Waals surface area (Å²) >= 11 is 1.54. The molecule has 0 spiro atoms. The van der Waals surface area contributed by atoms with E-state index in [0.717, 1.165) is 10.3 Å². The van der Waals surface area contributed by atoms with Gasteiger partial charge in [-0.05, 0) is 35.7 Å². The molecule has 162 valence electrons. The van der Waals surface area contributed by atoms with Crippen molar-refractivity contribution in [1.82, 2.24) is 0 Å². The summed E-state index contributed by atoms with van der Waals surface area (Å²) in [6.07, 6.45) is 0. The largest absolute Gasteiger partial charge is 0.486 e. The van der Waals surface area contributed by atoms with E-state index in [1.807, 2.05) is 35.7 Å². The molecule has 4 aromatic rings. The summed E-state index contributed by atoms with van der Waals surface area (Å²) in [5, 5.41) is 2.74. The first-order chi connectivity index (χ1) is 15.7. The second kappa shape index (κ2) is 8.76. The molecule has 0 atom stereocenters. The van der Waals surface area contributed by atoms with Crippen molar-refractivity contribution in [1.29, 1.82) is 0 Å². The highest BCUT2D eigenvalue weighted by Crippen LogP contribution is 2.34. The molecule has 2 aromatic heterocycles. The number of hydrogen-bond donors (Lipinski definition) is 0. The fourth-order valence-corrected chi connectivity index (χ4v) is 4.13. The Balaban J connectivity index is 1.34. The summed E-state index contributed by atoms with van der Waals surface area (Å²) < 4.78 is 22.0. The lowest BCUT2D eigenvalue weighted by atomic mass is 10.2. The van der Waals surface area contributed by atoms with Gasteiger partial charge in [-0.25, -0.2) is 4.79 Å². The summed E-state index contributed by atoms with van der Waals surface area (Å²) in [6, 6.07) is 18.1. The predicted octanol–water partition coefficient (Wildman–Crippen LogP) is 4.66. The van der Waals surface area contributed by atoms with E-state index >= 15 is 0 Å². The molecule has 7 nitrogen and oxygen atoms in total. The highest BCUT2D eigenvalue weighted by Gasteiger charge is 2.23. The number of amides is 1. The number of anilines is 1. The van der Waals surface area contributed by atoms with Crippen LogP contribution in [0.5, 0.6) is 11.5 Å². The minimum absolute atomic E-state index is 0.0585. The third-order valence-electron chi connectivity index (χ3n) is 4.99. The molecule has 32 heavy (non-hydrogen) atoms. The second-order valence-corrected chi connectivity index (χ2v) is 8.14. The van der Waals surface area contributed by atoms with Crippen LogP contribution in [0.25, 0.3) is 11.0 Å². The fourth-order valence-electron chi connectivity index (χ4n) is 3.44. The Kier molecular flexibility index (Phi) is 5.51. The van der Waals surface area contributed by atoms with Crippen LogP contribution < -0.4 is 14.4 Å². The SMILES string of the molecule is O=C(OCC(=O)N(Cc1cccs1)c1ccc2c(c1)OCCO2)c1cc2ccccc2o1. The molecule has 0 saturated heterocycles. The van der Waals surface area contributed by atoms with Crippen LogP contribution in [0.1, 0.15) is 15.4 Å². The first-order valence-corrected chi connectivity index (χ1v) is 10.9. The summed E-state index contributed by atoms with van der Waals surface area (Å²) in [4.78, 5) is 28.1. The van der Waals surface area contributed by atoms with Crippen molar-refractivity contribution < 1.29 is 28.2 Å². The van der Waals surface area contributed by atoms with Crippen LogP contribution in [0.15, 0.2) is 70.5 Å². The van der Waals surface area contributed by atoms with Gasteiger partial charge in [-0.3, -0.25) is 4.79 Å². The standard InChI is InChI=1S/C24H19NO6S/c26-23(15-30-24(27)22-12-16-4-1-2-6-19(16)31-22)25(14-18-5-3-11-32-18)17-7-8-20-21(13-17)29-10-9-28-20/h1-8,11-13H,9-10,14-15H2. The van der Waals surface area contributed by atoms with E-state index in [9.17, 15) is 9.59 Å². The van der Waals surface area contributed by atoms with Crippen molar-refractivity contribution in [3.8, 4) is 11.5 Å². The second-order valence-electron chi connectivity index (χ2n) is 7.11. The van der Waals surface area contributed by atoms with Crippen molar-refractivity contribution in [3.05, 3.63) is 76.7 Å². The fraction of sp³-hybridized carbons (Fsp3) is 0.167. The smallest absolute Gasteiger partial charge is 0.374 e. The van der Waals surface area contributed by atoms with Crippen LogP contribution in [0.2, 0.25) is 0 Å². The lowest BCUT2D eigenvalue weighted by Gasteiger charge is -2.25. The van der Waals surface area contributed by atoms with Crippen molar-refractivity contribution in [2.45, 2.75) is 6.54 Å². The highest BCUT2D eigenvalue weighted by molar-refractivity contribution is 7.09. The van der Waals surface area contributed by atoms with E-state index in [4.69, 9.17) is 18.6 Å². The van der Waals surface area contributed by atoms with E-state index in [1.54, 1.807) is 46.6 Å². The van der Waals surface area contributed by atoms with E-state index in [2.05, 4.69) is 0 Å². The predicted molar refractivity (Wildman–Crippen MR) is 119 cm³/mol. The number of esters is 1. The molecule has 8 heteroatoms. The van der Waals surface area contributed by atoms with E-state index < -0.39 is 12.6 Å². The molecule has 1 amide bonds. The number of ether oxygens (including phenoxy) is 3. The Bertz CT molecular complexity index is 1230. The number of furan rings is 1. The van der Waals surface area contributed by atoms with Gasteiger partial charge in [-0.2, -0.15) is 0 Å². The number of carbonyl (C=O) groups is 2. The normalized spacial score (nSPS) is 12.5. The van der Waals surface area contributed by atoms with Crippen LogP contribution in [-0.2, 0) is 16.1 Å². The number of rotatable bonds is 6. The zero-order valence-electron chi connectivity index (χ0n) is 17.0. The molecule has 0 unspecified atom stereocenters. The molecule has 3 heterocycles. The van der Waals surface area contributed by atoms with E-state index in [1.165, 1.54) is 0 Å².